The van der Waals surface area contributed by atoms with Crippen molar-refractivity contribution in [1.82, 2.24) is 0 Å². The highest BCUT2D eigenvalue weighted by atomic mass is 16.7. The maximum absolute atomic E-state index is 13.0. The Labute approximate surface area is 560 Å². The molecule has 518 valence electrons. The first-order valence-corrected chi connectivity index (χ1v) is 37.0. The first-order chi connectivity index (χ1) is 44.6. The zero-order chi connectivity index (χ0) is 66.1. The number of quaternary nitrogens is 1. The molecular weight excluding hydrogens is 1130 g/mol. The lowest BCUT2D eigenvalue weighted by Crippen LogP contribution is -2.40. The molecule has 0 heterocycles. The van der Waals surface area contributed by atoms with Gasteiger partial charge in [-0.25, -0.2) is 4.79 Å². The summed E-state index contributed by atoms with van der Waals surface area (Å²) in [5, 5.41) is 9.76. The molecule has 1 N–H and O–H groups in total. The molecule has 0 aliphatic carbocycles. The monoisotopic (exact) mass is 1270 g/mol. The number of carbonyl (C=O) groups is 3. The first-order valence-electron chi connectivity index (χ1n) is 37.0. The minimum Gasteiger partial charge on any atom is -0.477 e. The molecule has 0 bridgehead atoms. The number of nitrogens with zero attached hydrogens (tertiary/aromatic N) is 1. The first kappa shape index (κ1) is 86.2. The second-order valence-corrected chi connectivity index (χ2v) is 25.5. The van der Waals surface area contributed by atoms with Gasteiger partial charge in [-0.3, -0.25) is 9.59 Å². The predicted molar refractivity (Wildman–Crippen MR) is 391 cm³/mol. The molecule has 0 aromatic rings. The number of aliphatic carboxylic acids is 1. The largest absolute Gasteiger partial charge is 0.477 e. The van der Waals surface area contributed by atoms with Crippen LogP contribution in [0.1, 0.15) is 296 Å². The predicted octanol–water partition coefficient (Wildman–Crippen LogP) is 23.5. The number of rotatable bonds is 67. The van der Waals surface area contributed by atoms with Crippen molar-refractivity contribution in [2.45, 2.75) is 309 Å². The van der Waals surface area contributed by atoms with Gasteiger partial charge in [-0.2, -0.15) is 0 Å². The van der Waals surface area contributed by atoms with Gasteiger partial charge in [0.2, 0.25) is 0 Å². The molecule has 2 unspecified atom stereocenters. The van der Waals surface area contributed by atoms with Gasteiger partial charge in [0.25, 0.3) is 6.29 Å². The number of hydrogen-bond donors (Lipinski definition) is 1. The van der Waals surface area contributed by atoms with E-state index in [1.807, 2.05) is 21.1 Å². The van der Waals surface area contributed by atoms with Gasteiger partial charge in [0.15, 0.2) is 6.10 Å². The smallest absolute Gasteiger partial charge is 0.361 e. The van der Waals surface area contributed by atoms with E-state index in [9.17, 15) is 19.5 Å². The van der Waals surface area contributed by atoms with E-state index in [0.717, 1.165) is 128 Å². The molecule has 0 saturated carbocycles. The fourth-order valence-corrected chi connectivity index (χ4v) is 9.96. The molecular formula is C82H138NO8+. The van der Waals surface area contributed by atoms with Crippen LogP contribution in [0.25, 0.3) is 0 Å². The van der Waals surface area contributed by atoms with Crippen LogP contribution in [0.3, 0.4) is 0 Å². The van der Waals surface area contributed by atoms with Crippen molar-refractivity contribution in [1.29, 1.82) is 0 Å². The topological polar surface area (TPSA) is 108 Å². The van der Waals surface area contributed by atoms with E-state index in [1.54, 1.807) is 0 Å². The third kappa shape index (κ3) is 72.5. The second-order valence-electron chi connectivity index (χ2n) is 25.5. The summed E-state index contributed by atoms with van der Waals surface area (Å²) in [6, 6.07) is 0. The summed E-state index contributed by atoms with van der Waals surface area (Å²) in [6.07, 6.45) is 101. The molecule has 0 aliphatic heterocycles. The Morgan fingerprint density at radius 3 is 0.934 bits per heavy atom. The number of unbranched alkanes of at least 4 members (excludes halogenated alkanes) is 28. The van der Waals surface area contributed by atoms with Gasteiger partial charge < -0.3 is 28.5 Å². The minimum absolute atomic E-state index is 0.178. The van der Waals surface area contributed by atoms with Crippen molar-refractivity contribution in [3.05, 3.63) is 146 Å². The molecule has 2 atom stereocenters. The summed E-state index contributed by atoms with van der Waals surface area (Å²) in [4.78, 5) is 37.7. The lowest BCUT2D eigenvalue weighted by atomic mass is 10.0. The molecule has 0 spiro atoms. The third-order valence-electron chi connectivity index (χ3n) is 15.6. The summed E-state index contributed by atoms with van der Waals surface area (Å²) < 4.78 is 23.0. The van der Waals surface area contributed by atoms with Crippen LogP contribution in [0.2, 0.25) is 0 Å². The lowest BCUT2D eigenvalue weighted by Gasteiger charge is -2.25. The lowest BCUT2D eigenvalue weighted by molar-refractivity contribution is -0.870. The second kappa shape index (κ2) is 71.0. The van der Waals surface area contributed by atoms with Crippen molar-refractivity contribution >= 4 is 17.9 Å². The molecule has 0 saturated heterocycles. The Kier molecular flexibility index (Phi) is 67.3. The normalized spacial score (nSPS) is 13.5. The maximum Gasteiger partial charge on any atom is 0.361 e. The highest BCUT2D eigenvalue weighted by Gasteiger charge is 2.25. The number of carbonyl (C=O) groups excluding carboxylic acids is 2. The van der Waals surface area contributed by atoms with Crippen molar-refractivity contribution in [2.24, 2.45) is 0 Å². The number of carboxylic acids is 1. The molecule has 0 aromatic heterocycles. The van der Waals surface area contributed by atoms with Gasteiger partial charge in [0.05, 0.1) is 34.4 Å². The molecule has 9 nitrogen and oxygen atoms in total. The van der Waals surface area contributed by atoms with Gasteiger partial charge in [-0.1, -0.05) is 307 Å². The van der Waals surface area contributed by atoms with Crippen molar-refractivity contribution < 1.29 is 42.9 Å². The van der Waals surface area contributed by atoms with E-state index < -0.39 is 24.3 Å². The minimum atomic E-state index is -1.52. The van der Waals surface area contributed by atoms with E-state index >= 15 is 0 Å². The van der Waals surface area contributed by atoms with E-state index in [0.29, 0.717) is 23.9 Å². The summed E-state index contributed by atoms with van der Waals surface area (Å²) in [5.74, 6) is -2.03. The molecule has 0 fully saturated rings. The number of esters is 2. The Morgan fingerprint density at radius 2 is 0.626 bits per heavy atom. The number of hydrogen-bond acceptors (Lipinski definition) is 7. The summed E-state index contributed by atoms with van der Waals surface area (Å²) in [6.45, 7) is 4.75. The van der Waals surface area contributed by atoms with Crippen LogP contribution >= 0.6 is 0 Å². The van der Waals surface area contributed by atoms with Crippen molar-refractivity contribution in [2.75, 3.05) is 47.5 Å². The summed E-state index contributed by atoms with van der Waals surface area (Å²) in [7, 11) is 5.97. The molecule has 0 amide bonds. The number of carboxylic acid groups (broad SMARTS) is 1. The highest BCUT2D eigenvalue weighted by molar-refractivity contribution is 5.71. The Bertz CT molecular complexity index is 2010. The molecule has 0 aromatic carbocycles. The van der Waals surface area contributed by atoms with E-state index in [4.69, 9.17) is 18.9 Å². The van der Waals surface area contributed by atoms with Crippen LogP contribution in [-0.4, -0.2) is 87.4 Å². The van der Waals surface area contributed by atoms with Crippen molar-refractivity contribution in [3.8, 4) is 0 Å². The zero-order valence-electron chi connectivity index (χ0n) is 59.2. The van der Waals surface area contributed by atoms with Gasteiger partial charge in [-0.05, 0) is 122 Å². The maximum atomic E-state index is 13.0. The van der Waals surface area contributed by atoms with E-state index in [1.165, 1.54) is 135 Å². The van der Waals surface area contributed by atoms with Gasteiger partial charge in [0, 0.05) is 12.8 Å². The number of ether oxygens (including phenoxy) is 4. The highest BCUT2D eigenvalue weighted by Crippen LogP contribution is 2.17. The van der Waals surface area contributed by atoms with Crippen LogP contribution in [0.4, 0.5) is 0 Å². The van der Waals surface area contributed by atoms with Crippen LogP contribution in [0.15, 0.2) is 146 Å². The van der Waals surface area contributed by atoms with Crippen LogP contribution in [-0.2, 0) is 33.3 Å². The fraction of sp³-hybridized carbons (Fsp3) is 0.671. The summed E-state index contributed by atoms with van der Waals surface area (Å²) in [5.41, 5.74) is 0. The molecule has 0 aliphatic rings. The number of likely N-dealkylation sites (N-methyl/N-ethyl adjacent to an activating group) is 1. The van der Waals surface area contributed by atoms with Gasteiger partial charge in [0.1, 0.15) is 13.2 Å². The van der Waals surface area contributed by atoms with Gasteiger partial charge in [-0.15, -0.1) is 0 Å². The van der Waals surface area contributed by atoms with Crippen molar-refractivity contribution in [3.63, 3.8) is 0 Å². The summed E-state index contributed by atoms with van der Waals surface area (Å²) >= 11 is 0. The van der Waals surface area contributed by atoms with E-state index in [-0.39, 0.29) is 32.2 Å². The SMILES string of the molecule is CC/C=C\C/C=C\C/C=C\C/C=C\C/C=C\C/C=C\C/C=C\C/C=C\C/C=C\C/C=C\CCCCCCCCC(=O)OC(COC(=O)CCCCCCCCCCCCCCCCCCC/C=C\C/C=C\CCCCCCC)COC(OCC[N+](C)(C)C)C(=O)O. The third-order valence-corrected chi connectivity index (χ3v) is 15.6. The van der Waals surface area contributed by atoms with E-state index in [2.05, 4.69) is 160 Å². The average molecular weight is 1270 g/mol. The number of allylic oxidation sites excluding steroid dienone is 24. The van der Waals surface area contributed by atoms with Gasteiger partial charge >= 0.3 is 17.9 Å². The molecule has 9 heteroatoms. The van der Waals surface area contributed by atoms with Crippen LogP contribution < -0.4 is 0 Å². The van der Waals surface area contributed by atoms with Crippen LogP contribution in [0, 0.1) is 0 Å². The standard InChI is InChI=1S/C82H137NO8/c1-6-8-10-12-14-16-18-20-22-24-26-28-30-32-34-36-37-38-39-40-41-42-43-45-47-49-51-53-55-57-59-61-63-65-67-69-71-73-80(85)91-78(77-90-82(81(86)87)88-75-74-83(3,4)5)76-89-79(84)72-70-68-66-64-62-60-58-56-54-52-50-48-46-44-35-33-31-29-27-25-23-21-19-17-15-13-11-9-7-2/h8,10,14,16,19-22,25-28,32,34,37-38,40-41,43,45,49,51,55,57,78,82H,6-7,9,11-13,15,17-18,23-24,29-31,33,35-36,39,42,44,46-48,50,52-54,56,58-77H2,1-5H3/p+1/b10-8-,16-14-,21-19-,22-20-,27-25-,28-26-,34-32-,38-37-,41-40-,45-43-,51-49-,57-55-. The Hall–Kier alpha value is -4.83. The Morgan fingerprint density at radius 1 is 0.341 bits per heavy atom. The molecule has 0 radical (unpaired) electrons. The van der Waals surface area contributed by atoms with Crippen LogP contribution in [0.5, 0.6) is 0 Å². The quantitative estimate of drug-likeness (QED) is 0.0211. The average Bonchev–Trinajstić information content (AvgIpc) is 3.50. The molecule has 91 heavy (non-hydrogen) atoms. The molecule has 0 rings (SSSR count). The zero-order valence-corrected chi connectivity index (χ0v) is 59.2. The fourth-order valence-electron chi connectivity index (χ4n) is 9.96. The Balaban J connectivity index is 4.18.